The summed E-state index contributed by atoms with van der Waals surface area (Å²) in [4.78, 5) is 0. The van der Waals surface area contributed by atoms with Gasteiger partial charge < -0.3 is 49.6 Å². The second-order valence-corrected chi connectivity index (χ2v) is 7.05. The van der Waals surface area contributed by atoms with Crippen LogP contribution in [0, 0.1) is 11.8 Å². The lowest BCUT2D eigenvalue weighted by atomic mass is 9.85. The van der Waals surface area contributed by atoms with Crippen LogP contribution in [-0.2, 0) is 18.9 Å². The van der Waals surface area contributed by atoms with Gasteiger partial charge in [0.2, 0.25) is 0 Å². The maximum atomic E-state index is 10.2. The zero-order valence-electron chi connectivity index (χ0n) is 16.6. The quantitative estimate of drug-likeness (QED) is 0.180. The van der Waals surface area contributed by atoms with Crippen molar-refractivity contribution in [1.82, 2.24) is 0 Å². The van der Waals surface area contributed by atoms with Crippen molar-refractivity contribution in [2.45, 2.75) is 50.0 Å². The van der Waals surface area contributed by atoms with Crippen LogP contribution in [0.5, 0.6) is 0 Å². The van der Waals surface area contributed by atoms with E-state index in [4.69, 9.17) is 18.9 Å². The molecule has 0 radical (unpaired) electrons. The third-order valence-corrected chi connectivity index (χ3v) is 5.13. The first-order valence-electron chi connectivity index (χ1n) is 9.64. The van der Waals surface area contributed by atoms with Crippen LogP contribution in [-0.4, -0.2) is 121 Å². The van der Waals surface area contributed by atoms with Gasteiger partial charge in [-0.15, -0.1) is 0 Å². The molecule has 6 N–H and O–H groups in total. The highest BCUT2D eigenvalue weighted by Crippen LogP contribution is 2.28. The molecule has 0 bridgehead atoms. The summed E-state index contributed by atoms with van der Waals surface area (Å²) in [7, 11) is 1.46. The van der Waals surface area contributed by atoms with Crippen molar-refractivity contribution in [3.63, 3.8) is 0 Å². The van der Waals surface area contributed by atoms with E-state index in [9.17, 15) is 30.6 Å². The highest BCUT2D eigenvalue weighted by atomic mass is 16.6. The van der Waals surface area contributed by atoms with Gasteiger partial charge in [0.05, 0.1) is 64.6 Å². The first-order chi connectivity index (χ1) is 13.5. The summed E-state index contributed by atoms with van der Waals surface area (Å²) in [6.07, 6.45) is -4.51. The molecule has 0 saturated carbocycles. The van der Waals surface area contributed by atoms with Crippen molar-refractivity contribution in [3.05, 3.63) is 0 Å². The summed E-state index contributed by atoms with van der Waals surface area (Å²) >= 11 is 0. The molecule has 1 saturated heterocycles. The second-order valence-electron chi connectivity index (χ2n) is 7.05. The zero-order valence-corrected chi connectivity index (χ0v) is 16.6. The highest BCUT2D eigenvalue weighted by Gasteiger charge is 2.43. The molecule has 3 unspecified atom stereocenters. The molecule has 0 spiro atoms. The van der Waals surface area contributed by atoms with E-state index < -0.39 is 42.5 Å². The molecule has 1 aliphatic rings. The molecule has 1 fully saturated rings. The fraction of sp³-hybridized carbons (Fsp3) is 1.00. The van der Waals surface area contributed by atoms with Crippen LogP contribution >= 0.6 is 0 Å². The van der Waals surface area contributed by atoms with Crippen LogP contribution in [0.4, 0.5) is 0 Å². The number of rotatable bonds is 14. The van der Waals surface area contributed by atoms with Crippen LogP contribution in [0.25, 0.3) is 0 Å². The standard InChI is InChI=1S/C18H36O10/c1-3-13-15(7-22)28-16(18(24)17(13)23)10-26-8-11(4-19)14(6-21)27-12(5-20)9-25-2/h11-24H,3-10H2,1-2H3/t11-,12-,13-,14?,15?,16-,17-,18?/m0/s1. The Hall–Kier alpha value is -0.400. The molecule has 0 aromatic heterocycles. The molecule has 10 heteroatoms. The molecule has 168 valence electrons. The van der Waals surface area contributed by atoms with Crippen molar-refractivity contribution < 1.29 is 49.6 Å². The van der Waals surface area contributed by atoms with Gasteiger partial charge in [-0.2, -0.15) is 0 Å². The smallest absolute Gasteiger partial charge is 0.110 e. The van der Waals surface area contributed by atoms with Gasteiger partial charge in [0.25, 0.3) is 0 Å². The van der Waals surface area contributed by atoms with E-state index in [1.165, 1.54) is 7.11 Å². The van der Waals surface area contributed by atoms with Gasteiger partial charge >= 0.3 is 0 Å². The molecule has 0 aromatic rings. The van der Waals surface area contributed by atoms with Gasteiger partial charge in [0.15, 0.2) is 0 Å². The van der Waals surface area contributed by atoms with Crippen LogP contribution in [0.2, 0.25) is 0 Å². The monoisotopic (exact) mass is 412 g/mol. The van der Waals surface area contributed by atoms with E-state index in [-0.39, 0.29) is 52.2 Å². The van der Waals surface area contributed by atoms with Gasteiger partial charge in [0.1, 0.15) is 18.3 Å². The molecule has 0 aliphatic carbocycles. The minimum absolute atomic E-state index is 0.00344. The topological polar surface area (TPSA) is 158 Å². The van der Waals surface area contributed by atoms with Crippen molar-refractivity contribution >= 4 is 0 Å². The number of aliphatic hydroxyl groups is 6. The maximum Gasteiger partial charge on any atom is 0.110 e. The highest BCUT2D eigenvalue weighted by molar-refractivity contribution is 4.91. The van der Waals surface area contributed by atoms with Crippen LogP contribution in [0.1, 0.15) is 13.3 Å². The van der Waals surface area contributed by atoms with Crippen molar-refractivity contribution in [1.29, 1.82) is 0 Å². The molecule has 28 heavy (non-hydrogen) atoms. The molecule has 1 aliphatic heterocycles. The third kappa shape index (κ3) is 7.13. The SMILES string of the molecule is CC[C@H]1C(CO)O[C@@H](COC[C@H](CO)C(CO)O[C@@H](CO)COC)C(O)[C@H]1O. The molecular weight excluding hydrogens is 376 g/mol. The summed E-state index contributed by atoms with van der Waals surface area (Å²) in [5, 5.41) is 58.4. The summed E-state index contributed by atoms with van der Waals surface area (Å²) in [6.45, 7) is 0.606. The molecule has 1 heterocycles. The predicted octanol–water partition coefficient (Wildman–Crippen LogP) is -2.50. The Morgan fingerprint density at radius 2 is 1.64 bits per heavy atom. The maximum absolute atomic E-state index is 10.2. The number of methoxy groups -OCH3 is 1. The first kappa shape index (κ1) is 25.6. The predicted molar refractivity (Wildman–Crippen MR) is 97.6 cm³/mol. The third-order valence-electron chi connectivity index (χ3n) is 5.13. The van der Waals surface area contributed by atoms with Gasteiger partial charge in [-0.1, -0.05) is 6.92 Å². The summed E-state index contributed by atoms with van der Waals surface area (Å²) in [6, 6.07) is 0. The fourth-order valence-corrected chi connectivity index (χ4v) is 3.40. The van der Waals surface area contributed by atoms with Crippen LogP contribution in [0.15, 0.2) is 0 Å². The lowest BCUT2D eigenvalue weighted by Gasteiger charge is -2.42. The Labute approximate surface area is 165 Å². The van der Waals surface area contributed by atoms with Crippen LogP contribution < -0.4 is 0 Å². The molecule has 8 atom stereocenters. The minimum atomic E-state index is -1.16. The number of ether oxygens (including phenoxy) is 4. The van der Waals surface area contributed by atoms with E-state index in [1.807, 2.05) is 6.92 Å². The van der Waals surface area contributed by atoms with Crippen molar-refractivity contribution in [2.75, 3.05) is 53.4 Å². The van der Waals surface area contributed by atoms with E-state index >= 15 is 0 Å². The van der Waals surface area contributed by atoms with Gasteiger partial charge in [-0.3, -0.25) is 0 Å². The van der Waals surface area contributed by atoms with Gasteiger partial charge in [-0.25, -0.2) is 0 Å². The largest absolute Gasteiger partial charge is 0.396 e. The fourth-order valence-electron chi connectivity index (χ4n) is 3.40. The van der Waals surface area contributed by atoms with Crippen LogP contribution in [0.3, 0.4) is 0 Å². The van der Waals surface area contributed by atoms with E-state index in [2.05, 4.69) is 0 Å². The molecule has 0 amide bonds. The lowest BCUT2D eigenvalue weighted by Crippen LogP contribution is -2.56. The van der Waals surface area contributed by atoms with E-state index in [0.717, 1.165) is 0 Å². The average molecular weight is 412 g/mol. The van der Waals surface area contributed by atoms with Crippen molar-refractivity contribution in [3.8, 4) is 0 Å². The Morgan fingerprint density at radius 3 is 2.14 bits per heavy atom. The van der Waals surface area contributed by atoms with E-state index in [0.29, 0.717) is 6.42 Å². The molecule has 0 aromatic carbocycles. The molecular formula is C18H36O10. The number of aliphatic hydroxyl groups excluding tert-OH is 6. The van der Waals surface area contributed by atoms with Gasteiger partial charge in [-0.05, 0) is 6.42 Å². The molecule has 1 rings (SSSR count). The summed E-state index contributed by atoms with van der Waals surface area (Å²) < 4.78 is 21.7. The van der Waals surface area contributed by atoms with Gasteiger partial charge in [0, 0.05) is 18.9 Å². The Balaban J connectivity index is 2.58. The Kier molecular flexibility index (Phi) is 12.6. The van der Waals surface area contributed by atoms with Crippen molar-refractivity contribution in [2.24, 2.45) is 11.8 Å². The second kappa shape index (κ2) is 13.8. The lowest BCUT2D eigenvalue weighted by molar-refractivity contribution is -0.223. The number of hydrogen-bond acceptors (Lipinski definition) is 10. The zero-order chi connectivity index (χ0) is 21.1. The first-order valence-corrected chi connectivity index (χ1v) is 9.64. The number of hydrogen-bond donors (Lipinski definition) is 6. The van der Waals surface area contributed by atoms with E-state index in [1.54, 1.807) is 0 Å². The minimum Gasteiger partial charge on any atom is -0.396 e. The average Bonchev–Trinajstić information content (AvgIpc) is 2.71. The Morgan fingerprint density at radius 1 is 0.929 bits per heavy atom. The summed E-state index contributed by atoms with van der Waals surface area (Å²) in [5.74, 6) is -0.955. The normalized spacial score (nSPS) is 31.5. The summed E-state index contributed by atoms with van der Waals surface area (Å²) in [5.41, 5.74) is 0. The Bertz CT molecular complexity index is 397. The molecule has 10 nitrogen and oxygen atoms in total.